The second kappa shape index (κ2) is 7.90. The third kappa shape index (κ3) is 4.26. The van der Waals surface area contributed by atoms with Crippen LogP contribution in [0.1, 0.15) is 28.4 Å². The number of esters is 1. The summed E-state index contributed by atoms with van der Waals surface area (Å²) in [5, 5.41) is 8.76. The van der Waals surface area contributed by atoms with Gasteiger partial charge in [0.2, 0.25) is 10.0 Å². The van der Waals surface area contributed by atoms with Crippen LogP contribution in [0.3, 0.4) is 0 Å². The third-order valence-electron chi connectivity index (χ3n) is 4.39. The number of fused-ring (bicyclic) bond motifs is 1. The monoisotopic (exact) mass is 400 g/mol. The van der Waals surface area contributed by atoms with Gasteiger partial charge < -0.3 is 9.47 Å². The van der Waals surface area contributed by atoms with E-state index in [0.717, 1.165) is 5.56 Å². The Hall–Kier alpha value is -3.05. The molecule has 146 valence electrons. The molecule has 0 bridgehead atoms. The first-order valence-corrected chi connectivity index (χ1v) is 10.6. The molecule has 8 heteroatoms. The van der Waals surface area contributed by atoms with Crippen LogP contribution in [0.2, 0.25) is 0 Å². The number of anilines is 1. The lowest BCUT2D eigenvalue weighted by Crippen LogP contribution is -2.34. The molecule has 3 rings (SSSR count). The van der Waals surface area contributed by atoms with Gasteiger partial charge in [0, 0.05) is 6.04 Å². The van der Waals surface area contributed by atoms with E-state index >= 15 is 0 Å². The number of nitriles is 1. The molecule has 1 heterocycles. The van der Waals surface area contributed by atoms with Crippen molar-refractivity contribution in [3.63, 3.8) is 0 Å². The summed E-state index contributed by atoms with van der Waals surface area (Å²) in [6.45, 7) is 2.09. The molecule has 0 aliphatic carbocycles. The Morgan fingerprint density at radius 3 is 2.57 bits per heavy atom. The van der Waals surface area contributed by atoms with Crippen LogP contribution >= 0.6 is 0 Å². The number of nitrogens with zero attached hydrogens (tertiary/aromatic N) is 2. The van der Waals surface area contributed by atoms with Crippen molar-refractivity contribution in [3.05, 3.63) is 59.2 Å². The van der Waals surface area contributed by atoms with Gasteiger partial charge in [-0.15, -0.1) is 0 Å². The van der Waals surface area contributed by atoms with Gasteiger partial charge in [0.15, 0.2) is 0 Å². The molecule has 28 heavy (non-hydrogen) atoms. The zero-order valence-corrected chi connectivity index (χ0v) is 16.4. The minimum atomic E-state index is -3.36. The van der Waals surface area contributed by atoms with E-state index in [2.05, 4.69) is 0 Å². The molecule has 1 aliphatic rings. The van der Waals surface area contributed by atoms with Crippen LogP contribution in [0, 0.1) is 11.3 Å². The van der Waals surface area contributed by atoms with Crippen molar-refractivity contribution in [1.29, 1.82) is 5.26 Å². The number of ether oxygens (including phenoxy) is 2. The van der Waals surface area contributed by atoms with Crippen LogP contribution in [-0.2, 0) is 21.2 Å². The maximum absolute atomic E-state index is 12.3. The summed E-state index contributed by atoms with van der Waals surface area (Å²) in [7, 11) is -3.36. The van der Waals surface area contributed by atoms with Crippen LogP contribution in [0.5, 0.6) is 5.75 Å². The summed E-state index contributed by atoms with van der Waals surface area (Å²) in [5.41, 5.74) is 2.33. The second-order valence-electron chi connectivity index (χ2n) is 6.58. The van der Waals surface area contributed by atoms with Gasteiger partial charge >= 0.3 is 5.97 Å². The van der Waals surface area contributed by atoms with Crippen molar-refractivity contribution in [2.45, 2.75) is 19.4 Å². The van der Waals surface area contributed by atoms with E-state index in [1.807, 2.05) is 13.0 Å². The van der Waals surface area contributed by atoms with Crippen molar-refractivity contribution in [1.82, 2.24) is 0 Å². The van der Waals surface area contributed by atoms with Crippen LogP contribution in [-0.4, -0.2) is 39.9 Å². The number of hydrogen-bond acceptors (Lipinski definition) is 6. The van der Waals surface area contributed by atoms with E-state index in [-0.39, 0.29) is 19.3 Å². The number of sulfonamides is 1. The third-order valence-corrected chi connectivity index (χ3v) is 5.67. The molecule has 0 N–H and O–H groups in total. The molecular formula is C20H20N2O5S. The van der Waals surface area contributed by atoms with Gasteiger partial charge in [-0.2, -0.15) is 5.26 Å². The Morgan fingerprint density at radius 1 is 1.21 bits per heavy atom. The quantitative estimate of drug-likeness (QED) is 0.546. The average Bonchev–Trinajstić information content (AvgIpc) is 3.00. The predicted octanol–water partition coefficient (Wildman–Crippen LogP) is 2.50. The van der Waals surface area contributed by atoms with Gasteiger partial charge in [-0.05, 0) is 61.4 Å². The fourth-order valence-electron chi connectivity index (χ4n) is 3.24. The van der Waals surface area contributed by atoms with E-state index in [9.17, 15) is 13.2 Å². The van der Waals surface area contributed by atoms with Crippen molar-refractivity contribution < 1.29 is 22.7 Å². The molecular weight excluding hydrogens is 380 g/mol. The first kappa shape index (κ1) is 19.7. The standard InChI is InChI=1S/C20H20N2O5S/c1-14-11-17-12-16(5-8-19(17)22(14)28(2,24)25)20(23)27-10-9-26-18-6-3-15(13-21)4-7-18/h3-8,12,14H,9-11H2,1-2H3/t14-/m1/s1. The van der Waals surface area contributed by atoms with Crippen LogP contribution in [0.4, 0.5) is 5.69 Å². The first-order chi connectivity index (χ1) is 13.3. The summed E-state index contributed by atoms with van der Waals surface area (Å²) in [5.74, 6) is 0.0964. The lowest BCUT2D eigenvalue weighted by molar-refractivity contribution is 0.0450. The van der Waals surface area contributed by atoms with Crippen molar-refractivity contribution in [2.24, 2.45) is 0 Å². The Morgan fingerprint density at radius 2 is 1.93 bits per heavy atom. The highest BCUT2D eigenvalue weighted by Gasteiger charge is 2.32. The zero-order valence-electron chi connectivity index (χ0n) is 15.6. The van der Waals surface area contributed by atoms with Gasteiger partial charge in [-0.1, -0.05) is 0 Å². The van der Waals surface area contributed by atoms with Gasteiger partial charge in [-0.3, -0.25) is 4.31 Å². The fourth-order valence-corrected chi connectivity index (χ4v) is 4.50. The molecule has 0 unspecified atom stereocenters. The molecule has 0 aromatic heterocycles. The van der Waals surface area contributed by atoms with E-state index in [1.54, 1.807) is 42.5 Å². The molecule has 1 atom stereocenters. The van der Waals surface area contributed by atoms with E-state index < -0.39 is 16.0 Å². The van der Waals surface area contributed by atoms with E-state index in [4.69, 9.17) is 14.7 Å². The minimum Gasteiger partial charge on any atom is -0.490 e. The first-order valence-electron chi connectivity index (χ1n) is 8.72. The number of carbonyl (C=O) groups excluding carboxylic acids is 1. The van der Waals surface area contributed by atoms with Gasteiger partial charge in [-0.25, -0.2) is 13.2 Å². The molecule has 0 fully saturated rings. The number of rotatable bonds is 6. The maximum atomic E-state index is 12.3. The molecule has 0 radical (unpaired) electrons. The predicted molar refractivity (Wildman–Crippen MR) is 104 cm³/mol. The van der Waals surface area contributed by atoms with Crippen LogP contribution in [0.25, 0.3) is 0 Å². The highest BCUT2D eigenvalue weighted by atomic mass is 32.2. The van der Waals surface area contributed by atoms with Gasteiger partial charge in [0.05, 0.1) is 29.1 Å². The molecule has 2 aromatic carbocycles. The largest absolute Gasteiger partial charge is 0.490 e. The Bertz CT molecular complexity index is 1030. The molecule has 7 nitrogen and oxygen atoms in total. The highest BCUT2D eigenvalue weighted by Crippen LogP contribution is 2.34. The zero-order chi connectivity index (χ0) is 20.3. The molecule has 0 saturated carbocycles. The minimum absolute atomic E-state index is 0.0712. The SMILES string of the molecule is C[C@@H]1Cc2cc(C(=O)OCCOc3ccc(C#N)cc3)ccc2N1S(C)(=O)=O. The molecule has 0 amide bonds. The van der Waals surface area contributed by atoms with Crippen LogP contribution in [0.15, 0.2) is 42.5 Å². The summed E-state index contributed by atoms with van der Waals surface area (Å²) in [6.07, 6.45) is 1.72. The normalized spacial score (nSPS) is 15.6. The highest BCUT2D eigenvalue weighted by molar-refractivity contribution is 7.92. The lowest BCUT2D eigenvalue weighted by atomic mass is 10.1. The van der Waals surface area contributed by atoms with Gasteiger partial charge in [0.1, 0.15) is 19.0 Å². The fraction of sp³-hybridized carbons (Fsp3) is 0.300. The Kier molecular flexibility index (Phi) is 5.56. The van der Waals surface area contributed by atoms with Gasteiger partial charge in [0.25, 0.3) is 0 Å². The van der Waals surface area contributed by atoms with E-state index in [1.165, 1.54) is 10.6 Å². The number of hydrogen-bond donors (Lipinski definition) is 0. The van der Waals surface area contributed by atoms with Crippen LogP contribution < -0.4 is 9.04 Å². The Balaban J connectivity index is 1.57. The van der Waals surface area contributed by atoms with Crippen molar-refractivity contribution in [2.75, 3.05) is 23.8 Å². The topological polar surface area (TPSA) is 96.7 Å². The number of carbonyl (C=O) groups is 1. The van der Waals surface area contributed by atoms with E-state index in [0.29, 0.717) is 29.0 Å². The summed E-state index contributed by atoms with van der Waals surface area (Å²) in [4.78, 5) is 12.3. The lowest BCUT2D eigenvalue weighted by Gasteiger charge is -2.21. The van der Waals surface area contributed by atoms with Crippen molar-refractivity contribution >= 4 is 21.7 Å². The summed E-state index contributed by atoms with van der Waals surface area (Å²) in [6, 6.07) is 13.4. The Labute approximate surface area is 164 Å². The summed E-state index contributed by atoms with van der Waals surface area (Å²) < 4.78 is 36.0. The summed E-state index contributed by atoms with van der Waals surface area (Å²) >= 11 is 0. The molecule has 2 aromatic rings. The number of benzene rings is 2. The average molecular weight is 400 g/mol. The van der Waals surface area contributed by atoms with Crippen molar-refractivity contribution in [3.8, 4) is 11.8 Å². The molecule has 0 saturated heterocycles. The maximum Gasteiger partial charge on any atom is 0.338 e. The molecule has 1 aliphatic heterocycles. The molecule has 0 spiro atoms. The smallest absolute Gasteiger partial charge is 0.338 e. The second-order valence-corrected chi connectivity index (χ2v) is 8.44.